The highest BCUT2D eigenvalue weighted by Gasteiger charge is 2.40. The molecule has 1 aromatic carbocycles. The Balaban J connectivity index is 2.61. The molecule has 3 unspecified atom stereocenters. The molecule has 1 rings (SSSR count). The van der Waals surface area contributed by atoms with Gasteiger partial charge in [-0.2, -0.15) is 0 Å². The van der Waals surface area contributed by atoms with Crippen molar-refractivity contribution in [3.63, 3.8) is 0 Å². The van der Waals surface area contributed by atoms with Gasteiger partial charge >= 0.3 is 5.97 Å². The van der Waals surface area contributed by atoms with Gasteiger partial charge < -0.3 is 9.84 Å². The molecular weight excluding hydrogens is 420 g/mol. The van der Waals surface area contributed by atoms with Gasteiger partial charge in [0.05, 0.1) is 18.3 Å². The predicted molar refractivity (Wildman–Crippen MR) is 145 cm³/mol. The van der Waals surface area contributed by atoms with Gasteiger partial charge in [0.25, 0.3) is 0 Å². The lowest BCUT2D eigenvalue weighted by molar-refractivity contribution is -0.0508. The Kier molecular flexibility index (Phi) is 14.1. The van der Waals surface area contributed by atoms with Gasteiger partial charge in [-0.25, -0.2) is 4.79 Å². The van der Waals surface area contributed by atoms with E-state index in [2.05, 4.69) is 48.5 Å². The molecule has 3 nitrogen and oxygen atoms in total. The molecule has 0 radical (unpaired) electrons. The van der Waals surface area contributed by atoms with E-state index in [-0.39, 0.29) is 28.6 Å². The fourth-order valence-corrected chi connectivity index (χ4v) is 5.12. The molecule has 34 heavy (non-hydrogen) atoms. The van der Waals surface area contributed by atoms with Crippen LogP contribution < -0.4 is 0 Å². The first-order chi connectivity index (χ1) is 16.0. The zero-order chi connectivity index (χ0) is 25.6. The van der Waals surface area contributed by atoms with Crippen LogP contribution in [0.5, 0.6) is 0 Å². The minimum atomic E-state index is -0.413. The van der Waals surface area contributed by atoms with Crippen molar-refractivity contribution in [3.05, 3.63) is 35.9 Å². The summed E-state index contributed by atoms with van der Waals surface area (Å²) >= 11 is 0. The Hall–Kier alpha value is -1.35. The van der Waals surface area contributed by atoms with Crippen LogP contribution in [0.15, 0.2) is 30.3 Å². The molecule has 0 aliphatic carbocycles. The van der Waals surface area contributed by atoms with Crippen LogP contribution in [0.3, 0.4) is 0 Å². The quantitative estimate of drug-likeness (QED) is 0.192. The molecule has 3 heteroatoms. The zero-order valence-corrected chi connectivity index (χ0v) is 23.4. The molecule has 3 atom stereocenters. The summed E-state index contributed by atoms with van der Waals surface area (Å²) in [5.74, 6) is 0.00906. The number of rotatable bonds is 16. The van der Waals surface area contributed by atoms with E-state index in [9.17, 15) is 9.90 Å². The minimum absolute atomic E-state index is 0.0315. The Bertz CT molecular complexity index is 653. The van der Waals surface area contributed by atoms with Gasteiger partial charge in [-0.15, -0.1) is 0 Å². The second-order valence-electron chi connectivity index (χ2n) is 12.3. The van der Waals surface area contributed by atoms with Crippen LogP contribution in [-0.2, 0) is 4.74 Å². The van der Waals surface area contributed by atoms with Gasteiger partial charge in [0.1, 0.15) is 0 Å². The molecule has 0 saturated carbocycles. The SMILES string of the molecule is CCCCCCCCCCCC(C(O)C(CCOC(=O)c1ccccc1)C(C)(C)C)C(C)(C)C. The number of benzene rings is 1. The van der Waals surface area contributed by atoms with Crippen molar-refractivity contribution in [2.75, 3.05) is 6.61 Å². The fraction of sp³-hybridized carbons (Fsp3) is 0.774. The van der Waals surface area contributed by atoms with Crippen LogP contribution in [0.1, 0.15) is 129 Å². The molecule has 0 heterocycles. The first-order valence-electron chi connectivity index (χ1n) is 13.9. The van der Waals surface area contributed by atoms with Crippen LogP contribution >= 0.6 is 0 Å². The number of unbranched alkanes of at least 4 members (excludes halogenated alkanes) is 8. The maximum Gasteiger partial charge on any atom is 0.338 e. The molecule has 0 aliphatic rings. The van der Waals surface area contributed by atoms with E-state index in [0.717, 1.165) is 6.42 Å². The Morgan fingerprint density at radius 3 is 1.74 bits per heavy atom. The molecule has 1 aromatic rings. The Labute approximate surface area is 211 Å². The smallest absolute Gasteiger partial charge is 0.338 e. The van der Waals surface area contributed by atoms with Crippen LogP contribution in [-0.4, -0.2) is 23.8 Å². The third-order valence-electron chi connectivity index (χ3n) is 7.34. The highest BCUT2D eigenvalue weighted by molar-refractivity contribution is 5.89. The number of ether oxygens (including phenoxy) is 1. The highest BCUT2D eigenvalue weighted by Crippen LogP contribution is 2.42. The van der Waals surface area contributed by atoms with Gasteiger partial charge in [0.2, 0.25) is 0 Å². The normalized spacial score (nSPS) is 15.1. The summed E-state index contributed by atoms with van der Waals surface area (Å²) in [6.07, 6.45) is 13.2. The number of carbonyl (C=O) groups is 1. The third kappa shape index (κ3) is 11.9. The van der Waals surface area contributed by atoms with Gasteiger partial charge in [0, 0.05) is 0 Å². The molecule has 196 valence electrons. The van der Waals surface area contributed by atoms with E-state index in [0.29, 0.717) is 18.6 Å². The van der Waals surface area contributed by atoms with Crippen molar-refractivity contribution in [1.29, 1.82) is 0 Å². The summed E-state index contributed by atoms with van der Waals surface area (Å²) in [4.78, 5) is 12.4. The summed E-state index contributed by atoms with van der Waals surface area (Å²) < 4.78 is 5.58. The summed E-state index contributed by atoms with van der Waals surface area (Å²) in [6, 6.07) is 9.14. The van der Waals surface area contributed by atoms with Crippen LogP contribution in [0, 0.1) is 22.7 Å². The number of aliphatic hydroxyl groups excluding tert-OH is 1. The van der Waals surface area contributed by atoms with Crippen molar-refractivity contribution in [1.82, 2.24) is 0 Å². The molecular formula is C31H54O3. The predicted octanol–water partition coefficient (Wildman–Crippen LogP) is 8.84. The average Bonchev–Trinajstić information content (AvgIpc) is 2.76. The molecule has 0 amide bonds. The van der Waals surface area contributed by atoms with E-state index < -0.39 is 6.10 Å². The molecule has 1 N–H and O–H groups in total. The number of hydrogen-bond donors (Lipinski definition) is 1. The number of hydrogen-bond acceptors (Lipinski definition) is 3. The second-order valence-corrected chi connectivity index (χ2v) is 12.3. The second kappa shape index (κ2) is 15.6. The summed E-state index contributed by atoms with van der Waals surface area (Å²) in [5, 5.41) is 11.6. The average molecular weight is 475 g/mol. The summed E-state index contributed by atoms with van der Waals surface area (Å²) in [6.45, 7) is 15.9. The van der Waals surface area contributed by atoms with Crippen LogP contribution in [0.25, 0.3) is 0 Å². The Morgan fingerprint density at radius 2 is 1.24 bits per heavy atom. The van der Waals surface area contributed by atoms with Crippen molar-refractivity contribution in [2.45, 2.75) is 125 Å². The molecule has 0 aliphatic heterocycles. The van der Waals surface area contributed by atoms with Gasteiger partial charge in [0.15, 0.2) is 0 Å². The largest absolute Gasteiger partial charge is 0.462 e. The van der Waals surface area contributed by atoms with Crippen molar-refractivity contribution in [2.24, 2.45) is 22.7 Å². The standard InChI is InChI=1S/C31H54O3/c1-8-9-10-11-12-13-14-15-19-22-26(30(2,3)4)28(32)27(31(5,6)7)23-24-34-29(33)25-20-17-16-18-21-25/h16-18,20-21,26-28,32H,8-15,19,22-24H2,1-7H3. The van der Waals surface area contributed by atoms with E-state index in [4.69, 9.17) is 4.74 Å². The highest BCUT2D eigenvalue weighted by atomic mass is 16.5. The van der Waals surface area contributed by atoms with E-state index in [1.54, 1.807) is 12.1 Å². The topological polar surface area (TPSA) is 46.5 Å². The Morgan fingerprint density at radius 1 is 0.765 bits per heavy atom. The lowest BCUT2D eigenvalue weighted by Gasteiger charge is -2.43. The van der Waals surface area contributed by atoms with Crippen molar-refractivity contribution < 1.29 is 14.6 Å². The molecule has 0 aromatic heterocycles. The maximum atomic E-state index is 12.4. The third-order valence-corrected chi connectivity index (χ3v) is 7.34. The molecule has 0 fully saturated rings. The van der Waals surface area contributed by atoms with Gasteiger partial charge in [-0.3, -0.25) is 0 Å². The summed E-state index contributed by atoms with van der Waals surface area (Å²) in [5.41, 5.74) is 0.540. The van der Waals surface area contributed by atoms with E-state index in [1.807, 2.05) is 18.2 Å². The van der Waals surface area contributed by atoms with E-state index >= 15 is 0 Å². The van der Waals surface area contributed by atoms with Crippen LogP contribution in [0.4, 0.5) is 0 Å². The number of aliphatic hydroxyl groups is 1. The monoisotopic (exact) mass is 474 g/mol. The first kappa shape index (κ1) is 30.7. The molecule has 0 bridgehead atoms. The lowest BCUT2D eigenvalue weighted by atomic mass is 9.65. The van der Waals surface area contributed by atoms with E-state index in [1.165, 1.54) is 57.8 Å². The lowest BCUT2D eigenvalue weighted by Crippen LogP contribution is -2.43. The van der Waals surface area contributed by atoms with Crippen molar-refractivity contribution in [3.8, 4) is 0 Å². The first-order valence-corrected chi connectivity index (χ1v) is 13.9. The van der Waals surface area contributed by atoms with Gasteiger partial charge in [-0.1, -0.05) is 124 Å². The van der Waals surface area contributed by atoms with Crippen LogP contribution in [0.2, 0.25) is 0 Å². The number of esters is 1. The zero-order valence-electron chi connectivity index (χ0n) is 23.4. The minimum Gasteiger partial charge on any atom is -0.462 e. The summed E-state index contributed by atoms with van der Waals surface area (Å²) in [7, 11) is 0. The molecule has 0 saturated heterocycles. The van der Waals surface area contributed by atoms with Gasteiger partial charge in [-0.05, 0) is 47.6 Å². The fourth-order valence-electron chi connectivity index (χ4n) is 5.12. The van der Waals surface area contributed by atoms with Crippen molar-refractivity contribution >= 4 is 5.97 Å². The maximum absolute atomic E-state index is 12.4. The number of carbonyl (C=O) groups excluding carboxylic acids is 1. The molecule has 0 spiro atoms.